The van der Waals surface area contributed by atoms with Crippen LogP contribution in [-0.4, -0.2) is 42.5 Å². The summed E-state index contributed by atoms with van der Waals surface area (Å²) in [5.41, 5.74) is 0.801. The molecule has 1 aliphatic heterocycles. The van der Waals surface area contributed by atoms with E-state index in [2.05, 4.69) is 5.32 Å². The third-order valence-corrected chi connectivity index (χ3v) is 4.59. The minimum Gasteiger partial charge on any atom is -0.484 e. The second kappa shape index (κ2) is 9.16. The van der Waals surface area contributed by atoms with E-state index < -0.39 is 0 Å². The van der Waals surface area contributed by atoms with Gasteiger partial charge in [-0.05, 0) is 42.7 Å². The standard InChI is InChI=1S/C21H23FN2O3/c22-17-8-6-16(7-9-17)14-21(26)24-12-10-18(11-13-24)23-20(25)15-27-19-4-2-1-3-5-19/h1-9,18H,10-15H2,(H,23,25). The molecule has 0 saturated carbocycles. The zero-order chi connectivity index (χ0) is 19.1. The predicted octanol–water partition coefficient (Wildman–Crippen LogP) is 2.55. The van der Waals surface area contributed by atoms with Crippen molar-refractivity contribution < 1.29 is 18.7 Å². The summed E-state index contributed by atoms with van der Waals surface area (Å²) in [4.78, 5) is 26.2. The maximum absolute atomic E-state index is 12.9. The Morgan fingerprint density at radius 1 is 1.04 bits per heavy atom. The molecule has 2 aromatic rings. The van der Waals surface area contributed by atoms with Gasteiger partial charge in [0.25, 0.3) is 5.91 Å². The number of ether oxygens (including phenoxy) is 1. The van der Waals surface area contributed by atoms with Gasteiger partial charge in [0, 0.05) is 19.1 Å². The monoisotopic (exact) mass is 370 g/mol. The Bertz CT molecular complexity index is 757. The number of hydrogen-bond donors (Lipinski definition) is 1. The summed E-state index contributed by atoms with van der Waals surface area (Å²) in [6.07, 6.45) is 1.70. The number of amides is 2. The van der Waals surface area contributed by atoms with Crippen molar-refractivity contribution in [2.75, 3.05) is 19.7 Å². The second-order valence-electron chi connectivity index (χ2n) is 6.63. The van der Waals surface area contributed by atoms with E-state index in [9.17, 15) is 14.0 Å². The third kappa shape index (κ3) is 5.81. The molecular formula is C21H23FN2O3. The summed E-state index contributed by atoms with van der Waals surface area (Å²) in [6.45, 7) is 1.18. The van der Waals surface area contributed by atoms with Crippen LogP contribution in [0.1, 0.15) is 18.4 Å². The molecule has 0 spiro atoms. The first-order chi connectivity index (χ1) is 13.1. The molecule has 3 rings (SSSR count). The van der Waals surface area contributed by atoms with Crippen molar-refractivity contribution in [2.45, 2.75) is 25.3 Å². The third-order valence-electron chi connectivity index (χ3n) is 4.59. The quantitative estimate of drug-likeness (QED) is 0.850. The minimum atomic E-state index is -0.306. The second-order valence-corrected chi connectivity index (χ2v) is 6.63. The minimum absolute atomic E-state index is 0.0201. The van der Waals surface area contributed by atoms with Crippen molar-refractivity contribution in [3.05, 3.63) is 66.0 Å². The molecule has 0 aliphatic carbocycles. The van der Waals surface area contributed by atoms with Crippen LogP contribution in [0.5, 0.6) is 5.75 Å². The van der Waals surface area contributed by atoms with Gasteiger partial charge in [0.05, 0.1) is 6.42 Å². The Kier molecular flexibility index (Phi) is 6.41. The number of benzene rings is 2. The maximum Gasteiger partial charge on any atom is 0.258 e. The lowest BCUT2D eigenvalue weighted by Gasteiger charge is -2.32. The van der Waals surface area contributed by atoms with E-state index in [1.807, 2.05) is 18.2 Å². The topological polar surface area (TPSA) is 58.6 Å². The molecule has 6 heteroatoms. The van der Waals surface area contributed by atoms with Gasteiger partial charge in [-0.3, -0.25) is 9.59 Å². The summed E-state index contributed by atoms with van der Waals surface area (Å²) in [6, 6.07) is 15.2. The van der Waals surface area contributed by atoms with Crippen LogP contribution in [0.3, 0.4) is 0 Å². The van der Waals surface area contributed by atoms with Gasteiger partial charge < -0.3 is 15.0 Å². The van der Waals surface area contributed by atoms with Crippen molar-refractivity contribution >= 4 is 11.8 Å². The number of likely N-dealkylation sites (tertiary alicyclic amines) is 1. The molecule has 5 nitrogen and oxygen atoms in total. The number of carbonyl (C=O) groups excluding carboxylic acids is 2. The van der Waals surface area contributed by atoms with Crippen LogP contribution < -0.4 is 10.1 Å². The highest BCUT2D eigenvalue weighted by Crippen LogP contribution is 2.13. The highest BCUT2D eigenvalue weighted by Gasteiger charge is 2.24. The fourth-order valence-corrected chi connectivity index (χ4v) is 3.10. The molecule has 0 aromatic heterocycles. The molecule has 1 aliphatic rings. The normalized spacial score (nSPS) is 14.6. The summed E-state index contributed by atoms with van der Waals surface area (Å²) >= 11 is 0. The smallest absolute Gasteiger partial charge is 0.258 e. The average Bonchev–Trinajstić information content (AvgIpc) is 2.69. The van der Waals surface area contributed by atoms with Gasteiger partial charge in [-0.25, -0.2) is 4.39 Å². The number of halogens is 1. The molecule has 0 bridgehead atoms. The highest BCUT2D eigenvalue weighted by molar-refractivity contribution is 5.79. The highest BCUT2D eigenvalue weighted by atomic mass is 19.1. The molecular weight excluding hydrogens is 347 g/mol. The van der Waals surface area contributed by atoms with Crippen molar-refractivity contribution in [2.24, 2.45) is 0 Å². The van der Waals surface area contributed by atoms with Gasteiger partial charge in [-0.15, -0.1) is 0 Å². The summed E-state index contributed by atoms with van der Waals surface area (Å²) in [5.74, 6) is 0.224. The SMILES string of the molecule is O=C(COc1ccccc1)NC1CCN(C(=O)Cc2ccc(F)cc2)CC1. The van der Waals surface area contributed by atoms with Crippen LogP contribution in [0, 0.1) is 5.82 Å². The first-order valence-electron chi connectivity index (χ1n) is 9.09. The molecule has 0 unspecified atom stereocenters. The summed E-state index contributed by atoms with van der Waals surface area (Å²) in [5, 5.41) is 2.96. The Labute approximate surface area is 158 Å². The van der Waals surface area contributed by atoms with Crippen LogP contribution in [0.15, 0.2) is 54.6 Å². The Morgan fingerprint density at radius 2 is 1.70 bits per heavy atom. The van der Waals surface area contributed by atoms with E-state index >= 15 is 0 Å². The lowest BCUT2D eigenvalue weighted by Crippen LogP contribution is -2.47. The van der Waals surface area contributed by atoms with Crippen LogP contribution in [0.4, 0.5) is 4.39 Å². The zero-order valence-corrected chi connectivity index (χ0v) is 15.1. The van der Waals surface area contributed by atoms with E-state index in [0.29, 0.717) is 31.7 Å². The molecule has 1 fully saturated rings. The van der Waals surface area contributed by atoms with Gasteiger partial charge in [-0.2, -0.15) is 0 Å². The molecule has 1 heterocycles. The van der Waals surface area contributed by atoms with Crippen LogP contribution in [-0.2, 0) is 16.0 Å². The van der Waals surface area contributed by atoms with Crippen molar-refractivity contribution in [3.63, 3.8) is 0 Å². The van der Waals surface area contributed by atoms with E-state index in [4.69, 9.17) is 4.74 Å². The van der Waals surface area contributed by atoms with Gasteiger partial charge in [0.2, 0.25) is 5.91 Å². The first kappa shape index (κ1) is 18.9. The lowest BCUT2D eigenvalue weighted by atomic mass is 10.0. The maximum atomic E-state index is 12.9. The largest absolute Gasteiger partial charge is 0.484 e. The molecule has 2 aromatic carbocycles. The van der Waals surface area contributed by atoms with Crippen LogP contribution in [0.2, 0.25) is 0 Å². The molecule has 142 valence electrons. The van der Waals surface area contributed by atoms with Gasteiger partial charge >= 0.3 is 0 Å². The molecule has 0 radical (unpaired) electrons. The van der Waals surface area contributed by atoms with Gasteiger partial charge in [0.15, 0.2) is 6.61 Å². The number of para-hydroxylation sites is 1. The number of rotatable bonds is 6. The molecule has 27 heavy (non-hydrogen) atoms. The number of hydrogen-bond acceptors (Lipinski definition) is 3. The van der Waals surface area contributed by atoms with Crippen molar-refractivity contribution in [3.8, 4) is 5.75 Å². The van der Waals surface area contributed by atoms with E-state index in [0.717, 1.165) is 5.56 Å². The number of piperidine rings is 1. The number of nitrogens with one attached hydrogen (secondary N) is 1. The predicted molar refractivity (Wildman–Crippen MR) is 99.8 cm³/mol. The Morgan fingerprint density at radius 3 is 2.37 bits per heavy atom. The summed E-state index contributed by atoms with van der Waals surface area (Å²) in [7, 11) is 0. The van der Waals surface area contributed by atoms with E-state index in [1.165, 1.54) is 12.1 Å². The molecule has 2 amide bonds. The Balaban J connectivity index is 1.38. The average molecular weight is 370 g/mol. The molecule has 1 saturated heterocycles. The van der Waals surface area contributed by atoms with Crippen molar-refractivity contribution in [1.29, 1.82) is 0 Å². The van der Waals surface area contributed by atoms with Crippen LogP contribution in [0.25, 0.3) is 0 Å². The van der Waals surface area contributed by atoms with Gasteiger partial charge in [-0.1, -0.05) is 30.3 Å². The fourth-order valence-electron chi connectivity index (χ4n) is 3.10. The van der Waals surface area contributed by atoms with Gasteiger partial charge in [0.1, 0.15) is 11.6 Å². The summed E-state index contributed by atoms with van der Waals surface area (Å²) < 4.78 is 18.4. The molecule has 1 N–H and O–H groups in total. The first-order valence-corrected chi connectivity index (χ1v) is 9.09. The van der Waals surface area contributed by atoms with E-state index in [1.54, 1.807) is 29.2 Å². The number of carbonyl (C=O) groups is 2. The van der Waals surface area contributed by atoms with E-state index in [-0.39, 0.29) is 36.7 Å². The Hall–Kier alpha value is -2.89. The molecule has 0 atom stereocenters. The number of nitrogens with zero attached hydrogens (tertiary/aromatic N) is 1. The van der Waals surface area contributed by atoms with Crippen LogP contribution >= 0.6 is 0 Å². The lowest BCUT2D eigenvalue weighted by molar-refractivity contribution is -0.131. The fraction of sp³-hybridized carbons (Fsp3) is 0.333. The zero-order valence-electron chi connectivity index (χ0n) is 15.1. The van der Waals surface area contributed by atoms with Crippen molar-refractivity contribution in [1.82, 2.24) is 10.2 Å².